The Morgan fingerprint density at radius 1 is 1.53 bits per heavy atom. The van der Waals surface area contributed by atoms with E-state index in [9.17, 15) is 9.59 Å². The van der Waals surface area contributed by atoms with Gasteiger partial charge in [-0.2, -0.15) is 5.10 Å². The molecule has 1 fully saturated rings. The van der Waals surface area contributed by atoms with Crippen molar-refractivity contribution in [2.45, 2.75) is 32.2 Å². The Hall–Kier alpha value is -2.05. The molecule has 1 aromatic heterocycles. The van der Waals surface area contributed by atoms with Crippen molar-refractivity contribution in [1.29, 1.82) is 0 Å². The lowest BCUT2D eigenvalue weighted by Crippen LogP contribution is -2.47. The third-order valence-electron chi connectivity index (χ3n) is 3.08. The molecule has 7 heteroatoms. The molecule has 7 nitrogen and oxygen atoms in total. The normalized spacial score (nSPS) is 19.5. The standard InChI is InChI=1S/C12H19N5O2/c1-8-7-10(17(2)16-8)15-12(19)14-9-5-3-4-6-13-11(9)18/h7,9H,3-6H2,1-2H3,(H,13,18)(H2,14,15,19). The van der Waals surface area contributed by atoms with Crippen LogP contribution in [0.1, 0.15) is 25.0 Å². The fraction of sp³-hybridized carbons (Fsp3) is 0.583. The van der Waals surface area contributed by atoms with Crippen molar-refractivity contribution in [3.63, 3.8) is 0 Å². The molecule has 3 amide bonds. The smallest absolute Gasteiger partial charge is 0.321 e. The first kappa shape index (κ1) is 13.4. The number of nitrogens with zero attached hydrogens (tertiary/aromatic N) is 2. The van der Waals surface area contributed by atoms with E-state index in [4.69, 9.17) is 0 Å². The van der Waals surface area contributed by atoms with Gasteiger partial charge in [-0.05, 0) is 26.2 Å². The largest absolute Gasteiger partial charge is 0.354 e. The Bertz CT molecular complexity index is 482. The minimum Gasteiger partial charge on any atom is -0.354 e. The van der Waals surface area contributed by atoms with Crippen molar-refractivity contribution in [3.8, 4) is 0 Å². The van der Waals surface area contributed by atoms with Gasteiger partial charge < -0.3 is 10.6 Å². The monoisotopic (exact) mass is 265 g/mol. The molecule has 19 heavy (non-hydrogen) atoms. The Morgan fingerprint density at radius 2 is 2.32 bits per heavy atom. The lowest BCUT2D eigenvalue weighted by Gasteiger charge is -2.15. The summed E-state index contributed by atoms with van der Waals surface area (Å²) in [5, 5.41) is 12.3. The maximum absolute atomic E-state index is 11.9. The number of carbonyl (C=O) groups excluding carboxylic acids is 2. The van der Waals surface area contributed by atoms with Crippen LogP contribution in [0, 0.1) is 6.92 Å². The van der Waals surface area contributed by atoms with E-state index in [1.807, 2.05) is 6.92 Å². The van der Waals surface area contributed by atoms with E-state index < -0.39 is 6.04 Å². The van der Waals surface area contributed by atoms with Crippen molar-refractivity contribution < 1.29 is 9.59 Å². The SMILES string of the molecule is Cc1cc(NC(=O)NC2CCCCNC2=O)n(C)n1. The number of urea groups is 1. The van der Waals surface area contributed by atoms with Gasteiger partial charge in [-0.25, -0.2) is 4.79 Å². The molecule has 104 valence electrons. The van der Waals surface area contributed by atoms with Crippen molar-refractivity contribution in [2.75, 3.05) is 11.9 Å². The van der Waals surface area contributed by atoms with Crippen LogP contribution in [-0.4, -0.2) is 34.3 Å². The Labute approximate surface area is 111 Å². The average Bonchev–Trinajstić information content (AvgIpc) is 2.53. The molecule has 1 unspecified atom stereocenters. The van der Waals surface area contributed by atoms with Crippen LogP contribution in [0.4, 0.5) is 10.6 Å². The van der Waals surface area contributed by atoms with E-state index in [0.29, 0.717) is 18.8 Å². The Morgan fingerprint density at radius 3 is 3.00 bits per heavy atom. The predicted octanol–water partition coefficient (Wildman–Crippen LogP) is 0.519. The summed E-state index contributed by atoms with van der Waals surface area (Å²) in [5.41, 5.74) is 0.824. The van der Waals surface area contributed by atoms with E-state index in [1.54, 1.807) is 17.8 Å². The van der Waals surface area contributed by atoms with Gasteiger partial charge in [0.25, 0.3) is 0 Å². The zero-order chi connectivity index (χ0) is 13.8. The molecule has 1 saturated heterocycles. The summed E-state index contributed by atoms with van der Waals surface area (Å²) in [7, 11) is 1.75. The summed E-state index contributed by atoms with van der Waals surface area (Å²) < 4.78 is 1.59. The predicted molar refractivity (Wildman–Crippen MR) is 70.7 cm³/mol. The summed E-state index contributed by atoms with van der Waals surface area (Å²) in [4.78, 5) is 23.6. The fourth-order valence-corrected chi connectivity index (χ4v) is 2.12. The Balaban J connectivity index is 1.93. The number of anilines is 1. The highest BCUT2D eigenvalue weighted by Gasteiger charge is 2.22. The van der Waals surface area contributed by atoms with Gasteiger partial charge in [0.2, 0.25) is 5.91 Å². The van der Waals surface area contributed by atoms with Crippen molar-refractivity contribution in [1.82, 2.24) is 20.4 Å². The van der Waals surface area contributed by atoms with Crippen LogP contribution in [0.5, 0.6) is 0 Å². The van der Waals surface area contributed by atoms with Gasteiger partial charge in [0.1, 0.15) is 11.9 Å². The second-order valence-corrected chi connectivity index (χ2v) is 4.73. The lowest BCUT2D eigenvalue weighted by molar-refractivity contribution is -0.122. The third-order valence-corrected chi connectivity index (χ3v) is 3.08. The van der Waals surface area contributed by atoms with Crippen LogP contribution in [-0.2, 0) is 11.8 Å². The van der Waals surface area contributed by atoms with E-state index >= 15 is 0 Å². The molecule has 0 saturated carbocycles. The highest BCUT2D eigenvalue weighted by atomic mass is 16.2. The van der Waals surface area contributed by atoms with Crippen molar-refractivity contribution >= 4 is 17.8 Å². The van der Waals surface area contributed by atoms with Gasteiger partial charge in [0.15, 0.2) is 0 Å². The number of amides is 3. The van der Waals surface area contributed by atoms with Crippen molar-refractivity contribution in [3.05, 3.63) is 11.8 Å². The molecular weight excluding hydrogens is 246 g/mol. The first-order chi connectivity index (χ1) is 9.06. The van der Waals surface area contributed by atoms with Gasteiger partial charge in [0.05, 0.1) is 5.69 Å². The van der Waals surface area contributed by atoms with E-state index in [2.05, 4.69) is 21.0 Å². The summed E-state index contributed by atoms with van der Waals surface area (Å²) in [5.74, 6) is 0.484. The number of hydrogen-bond donors (Lipinski definition) is 3. The molecule has 0 spiro atoms. The van der Waals surface area contributed by atoms with E-state index in [1.165, 1.54) is 0 Å². The minimum absolute atomic E-state index is 0.117. The first-order valence-corrected chi connectivity index (χ1v) is 6.42. The van der Waals surface area contributed by atoms with Gasteiger partial charge in [0, 0.05) is 19.7 Å². The molecule has 1 aliphatic heterocycles. The van der Waals surface area contributed by atoms with Gasteiger partial charge in [-0.1, -0.05) is 0 Å². The van der Waals surface area contributed by atoms with Crippen LogP contribution < -0.4 is 16.0 Å². The van der Waals surface area contributed by atoms with Crippen molar-refractivity contribution in [2.24, 2.45) is 7.05 Å². The summed E-state index contributed by atoms with van der Waals surface area (Å²) in [6.45, 7) is 2.53. The first-order valence-electron chi connectivity index (χ1n) is 6.42. The van der Waals surface area contributed by atoms with E-state index in [0.717, 1.165) is 18.5 Å². The van der Waals surface area contributed by atoms with E-state index in [-0.39, 0.29) is 11.9 Å². The fourth-order valence-electron chi connectivity index (χ4n) is 2.12. The highest BCUT2D eigenvalue weighted by Crippen LogP contribution is 2.09. The summed E-state index contributed by atoms with van der Waals surface area (Å²) in [6.07, 6.45) is 2.55. The number of nitrogens with one attached hydrogen (secondary N) is 3. The number of aryl methyl sites for hydroxylation is 2. The molecule has 0 bridgehead atoms. The lowest BCUT2D eigenvalue weighted by atomic mass is 10.1. The van der Waals surface area contributed by atoms with Crippen LogP contribution in [0.25, 0.3) is 0 Å². The molecular formula is C12H19N5O2. The summed E-state index contributed by atoms with van der Waals surface area (Å²) >= 11 is 0. The quantitative estimate of drug-likeness (QED) is 0.728. The number of rotatable bonds is 2. The van der Waals surface area contributed by atoms with Gasteiger partial charge in [-0.3, -0.25) is 14.8 Å². The maximum atomic E-state index is 11.9. The van der Waals surface area contributed by atoms with Crippen LogP contribution in [0.3, 0.4) is 0 Å². The molecule has 0 aromatic carbocycles. The maximum Gasteiger partial charge on any atom is 0.321 e. The summed E-state index contributed by atoms with van der Waals surface area (Å²) in [6, 6.07) is 0.925. The van der Waals surface area contributed by atoms with Gasteiger partial charge >= 0.3 is 6.03 Å². The molecule has 0 radical (unpaired) electrons. The third kappa shape index (κ3) is 3.46. The highest BCUT2D eigenvalue weighted by molar-refractivity contribution is 5.93. The number of hydrogen-bond acceptors (Lipinski definition) is 3. The number of carbonyl (C=O) groups is 2. The zero-order valence-corrected chi connectivity index (χ0v) is 11.2. The van der Waals surface area contributed by atoms with Crippen LogP contribution in [0.15, 0.2) is 6.07 Å². The molecule has 3 N–H and O–H groups in total. The average molecular weight is 265 g/mol. The van der Waals surface area contributed by atoms with Gasteiger partial charge in [-0.15, -0.1) is 0 Å². The second-order valence-electron chi connectivity index (χ2n) is 4.73. The molecule has 1 aliphatic rings. The molecule has 1 aromatic rings. The molecule has 2 rings (SSSR count). The minimum atomic E-state index is -0.461. The Kier molecular flexibility index (Phi) is 4.03. The molecule has 0 aliphatic carbocycles. The van der Waals surface area contributed by atoms with Crippen LogP contribution >= 0.6 is 0 Å². The zero-order valence-electron chi connectivity index (χ0n) is 11.2. The molecule has 2 heterocycles. The topological polar surface area (TPSA) is 88.0 Å². The van der Waals surface area contributed by atoms with Crippen LogP contribution in [0.2, 0.25) is 0 Å². The number of aromatic nitrogens is 2. The second kappa shape index (κ2) is 5.73. The molecule has 1 atom stereocenters.